The van der Waals surface area contributed by atoms with Crippen LogP contribution in [0.1, 0.15) is 15.9 Å². The van der Waals surface area contributed by atoms with Gasteiger partial charge in [-0.2, -0.15) is 0 Å². The molecule has 0 saturated carbocycles. The van der Waals surface area contributed by atoms with Crippen molar-refractivity contribution in [3.8, 4) is 0 Å². The average molecular weight is 248 g/mol. The van der Waals surface area contributed by atoms with Crippen LogP contribution in [0.4, 0.5) is 0 Å². The van der Waals surface area contributed by atoms with Crippen LogP contribution >= 0.6 is 12.2 Å². The number of rotatable bonds is 2. The lowest BCUT2D eigenvalue weighted by Crippen LogP contribution is -2.21. The number of aromatic carboxylic acids is 1. The van der Waals surface area contributed by atoms with Gasteiger partial charge in [-0.05, 0) is 29.9 Å². The molecule has 0 atom stereocenters. The Morgan fingerprint density at radius 3 is 2.59 bits per heavy atom. The first kappa shape index (κ1) is 11.3. The van der Waals surface area contributed by atoms with Crippen molar-refractivity contribution in [2.45, 2.75) is 0 Å². The summed E-state index contributed by atoms with van der Waals surface area (Å²) in [5.41, 5.74) is 0.818. The zero-order valence-electron chi connectivity index (χ0n) is 8.56. The van der Waals surface area contributed by atoms with Crippen LogP contribution in [0.3, 0.4) is 0 Å². The molecule has 17 heavy (non-hydrogen) atoms. The largest absolute Gasteiger partial charge is 0.478 e. The first-order chi connectivity index (χ1) is 8.08. The summed E-state index contributed by atoms with van der Waals surface area (Å²) in [5.74, 6) is -1.41. The highest BCUT2D eigenvalue weighted by molar-refractivity contribution is 7.80. The van der Waals surface area contributed by atoms with Crippen molar-refractivity contribution in [2.75, 3.05) is 0 Å². The predicted octanol–water partition coefficient (Wildman–Crippen LogP) is 0.730. The van der Waals surface area contributed by atoms with E-state index in [9.17, 15) is 9.59 Å². The molecule has 0 aliphatic carbocycles. The van der Waals surface area contributed by atoms with Crippen molar-refractivity contribution in [2.24, 2.45) is 0 Å². The van der Waals surface area contributed by atoms with Gasteiger partial charge in [-0.25, -0.2) is 4.79 Å². The lowest BCUT2D eigenvalue weighted by Gasteiger charge is -2.01. The van der Waals surface area contributed by atoms with Crippen molar-refractivity contribution in [1.29, 1.82) is 0 Å². The topological polar surface area (TPSA) is 78.4 Å². The van der Waals surface area contributed by atoms with Crippen LogP contribution in [0.2, 0.25) is 0 Å². The summed E-state index contributed by atoms with van der Waals surface area (Å²) in [7, 11) is 0. The number of carboxylic acid groups (broad SMARTS) is 1. The minimum atomic E-state index is -1.04. The smallest absolute Gasteiger partial charge is 0.336 e. The Morgan fingerprint density at radius 2 is 2.00 bits per heavy atom. The standard InChI is InChI=1S/C11H8N2O3S/c14-9-8(12-11(17)13-9)5-6-3-1-2-4-7(6)10(15)16/h1-5H,(H,15,16)(H2,12,13,14,17)/b8-5+. The van der Waals surface area contributed by atoms with Gasteiger partial charge < -0.3 is 10.4 Å². The highest BCUT2D eigenvalue weighted by atomic mass is 32.1. The summed E-state index contributed by atoms with van der Waals surface area (Å²) >= 11 is 4.77. The van der Waals surface area contributed by atoms with Gasteiger partial charge in [0.05, 0.1) is 5.56 Å². The molecule has 1 saturated heterocycles. The summed E-state index contributed by atoms with van der Waals surface area (Å²) in [4.78, 5) is 22.4. The molecule has 1 aromatic carbocycles. The van der Waals surface area contributed by atoms with Gasteiger partial charge in [0, 0.05) is 0 Å². The normalized spacial score (nSPS) is 16.8. The number of nitrogens with one attached hydrogen (secondary N) is 2. The minimum absolute atomic E-state index is 0.132. The molecule has 5 nitrogen and oxygen atoms in total. The highest BCUT2D eigenvalue weighted by Crippen LogP contribution is 2.13. The van der Waals surface area contributed by atoms with Gasteiger partial charge >= 0.3 is 5.97 Å². The van der Waals surface area contributed by atoms with Gasteiger partial charge in [0.15, 0.2) is 5.11 Å². The maximum absolute atomic E-state index is 11.4. The first-order valence-corrected chi connectivity index (χ1v) is 5.15. The summed E-state index contributed by atoms with van der Waals surface area (Å²) in [6.45, 7) is 0. The lowest BCUT2D eigenvalue weighted by molar-refractivity contribution is -0.115. The number of benzene rings is 1. The second-order valence-corrected chi connectivity index (χ2v) is 3.77. The molecule has 1 fully saturated rings. The van der Waals surface area contributed by atoms with Crippen molar-refractivity contribution in [3.63, 3.8) is 0 Å². The van der Waals surface area contributed by atoms with Gasteiger partial charge in [-0.15, -0.1) is 0 Å². The fourth-order valence-corrected chi connectivity index (χ4v) is 1.66. The number of carbonyl (C=O) groups is 2. The molecule has 6 heteroatoms. The molecular weight excluding hydrogens is 240 g/mol. The van der Waals surface area contributed by atoms with Crippen LogP contribution in [-0.2, 0) is 4.79 Å². The molecule has 1 heterocycles. The third kappa shape index (κ3) is 2.31. The minimum Gasteiger partial charge on any atom is -0.478 e. The average Bonchev–Trinajstić information content (AvgIpc) is 2.58. The van der Waals surface area contributed by atoms with Crippen LogP contribution in [-0.4, -0.2) is 22.1 Å². The summed E-state index contributed by atoms with van der Waals surface area (Å²) in [6, 6.07) is 6.41. The van der Waals surface area contributed by atoms with E-state index < -0.39 is 5.97 Å². The van der Waals surface area contributed by atoms with Crippen LogP contribution in [0.15, 0.2) is 30.0 Å². The predicted molar refractivity (Wildman–Crippen MR) is 65.3 cm³/mol. The number of thiocarbonyl (C=S) groups is 1. The number of amides is 1. The fourth-order valence-electron chi connectivity index (χ4n) is 1.46. The van der Waals surface area contributed by atoms with Crippen molar-refractivity contribution in [1.82, 2.24) is 10.6 Å². The molecule has 86 valence electrons. The number of hydrogen-bond acceptors (Lipinski definition) is 3. The Morgan fingerprint density at radius 1 is 1.29 bits per heavy atom. The van der Waals surface area contributed by atoms with Gasteiger partial charge in [0.25, 0.3) is 5.91 Å². The molecule has 0 aromatic heterocycles. The van der Waals surface area contributed by atoms with Crippen LogP contribution in [0.5, 0.6) is 0 Å². The molecule has 2 rings (SSSR count). The summed E-state index contributed by atoms with van der Waals surface area (Å²) < 4.78 is 0. The molecule has 1 amide bonds. The van der Waals surface area contributed by atoms with Gasteiger partial charge in [-0.1, -0.05) is 18.2 Å². The van der Waals surface area contributed by atoms with E-state index in [1.54, 1.807) is 18.2 Å². The van der Waals surface area contributed by atoms with Gasteiger partial charge in [0.1, 0.15) is 5.70 Å². The molecule has 0 radical (unpaired) electrons. The maximum Gasteiger partial charge on any atom is 0.336 e. The van der Waals surface area contributed by atoms with Crippen LogP contribution in [0, 0.1) is 0 Å². The molecule has 1 aliphatic heterocycles. The van der Waals surface area contributed by atoms with E-state index >= 15 is 0 Å². The van der Waals surface area contributed by atoms with Crippen molar-refractivity contribution in [3.05, 3.63) is 41.1 Å². The third-order valence-electron chi connectivity index (χ3n) is 2.21. The number of hydrogen-bond donors (Lipinski definition) is 3. The van der Waals surface area contributed by atoms with Gasteiger partial charge in [-0.3, -0.25) is 10.1 Å². The first-order valence-electron chi connectivity index (χ1n) is 4.74. The van der Waals surface area contributed by atoms with Crippen molar-refractivity contribution < 1.29 is 14.7 Å². The van der Waals surface area contributed by atoms with E-state index in [2.05, 4.69) is 10.6 Å². The van der Waals surface area contributed by atoms with E-state index in [0.717, 1.165) is 0 Å². The van der Waals surface area contributed by atoms with E-state index in [0.29, 0.717) is 5.56 Å². The summed E-state index contributed by atoms with van der Waals surface area (Å²) in [5, 5.41) is 14.3. The Hall–Kier alpha value is -2.21. The zero-order valence-corrected chi connectivity index (χ0v) is 9.38. The van der Waals surface area contributed by atoms with Crippen LogP contribution < -0.4 is 10.6 Å². The Bertz CT molecular complexity index is 551. The SMILES string of the molecule is O=C1NC(=S)N/C1=C/c1ccccc1C(=O)O. The Balaban J connectivity index is 2.42. The van der Waals surface area contributed by atoms with Crippen molar-refractivity contribution >= 4 is 35.3 Å². The van der Waals surface area contributed by atoms with E-state index in [1.807, 2.05) is 0 Å². The number of carboxylic acids is 1. The molecular formula is C11H8N2O3S. The highest BCUT2D eigenvalue weighted by Gasteiger charge is 2.20. The third-order valence-corrected chi connectivity index (χ3v) is 2.42. The fraction of sp³-hybridized carbons (Fsp3) is 0. The zero-order chi connectivity index (χ0) is 12.4. The van der Waals surface area contributed by atoms with Crippen LogP contribution in [0.25, 0.3) is 6.08 Å². The molecule has 1 aromatic rings. The number of carbonyl (C=O) groups excluding carboxylic acids is 1. The molecule has 3 N–H and O–H groups in total. The molecule has 0 bridgehead atoms. The van der Waals surface area contributed by atoms with E-state index in [4.69, 9.17) is 17.3 Å². The molecule has 0 unspecified atom stereocenters. The maximum atomic E-state index is 11.4. The summed E-state index contributed by atoms with van der Waals surface area (Å²) in [6.07, 6.45) is 1.46. The second kappa shape index (κ2) is 4.34. The van der Waals surface area contributed by atoms with E-state index in [-0.39, 0.29) is 22.3 Å². The Labute approximate surface area is 102 Å². The lowest BCUT2D eigenvalue weighted by atomic mass is 10.1. The molecule has 0 spiro atoms. The molecule has 1 aliphatic rings. The quantitative estimate of drug-likeness (QED) is 0.531. The monoisotopic (exact) mass is 248 g/mol. The second-order valence-electron chi connectivity index (χ2n) is 3.36. The van der Waals surface area contributed by atoms with Gasteiger partial charge in [0.2, 0.25) is 0 Å². The van der Waals surface area contributed by atoms with E-state index in [1.165, 1.54) is 12.1 Å². The Kier molecular flexibility index (Phi) is 2.88.